The standard InChI is InChI=1S/C20H25FN4O3/c21-17-8-5-9-18(25(26)27)16(17)12-24(15-10-11-15)13-19-22-20(23-28-19)14-6-3-1-2-4-7-14/h5,8-9,14-15H,1-4,6-7,10-13H2. The summed E-state index contributed by atoms with van der Waals surface area (Å²) in [6.07, 6.45) is 9.08. The lowest BCUT2D eigenvalue weighted by Crippen LogP contribution is -2.26. The Labute approximate surface area is 163 Å². The lowest BCUT2D eigenvalue weighted by molar-refractivity contribution is -0.386. The quantitative estimate of drug-likeness (QED) is 0.388. The Morgan fingerprint density at radius 3 is 2.57 bits per heavy atom. The van der Waals surface area contributed by atoms with Crippen LogP contribution in [0.5, 0.6) is 0 Å². The van der Waals surface area contributed by atoms with Crippen molar-refractivity contribution in [2.75, 3.05) is 0 Å². The van der Waals surface area contributed by atoms with Crippen LogP contribution in [0.4, 0.5) is 10.1 Å². The molecule has 1 aromatic carbocycles. The van der Waals surface area contributed by atoms with Crippen LogP contribution in [0.25, 0.3) is 0 Å². The number of nitro benzene ring substituents is 1. The highest BCUT2D eigenvalue weighted by Gasteiger charge is 2.33. The minimum Gasteiger partial charge on any atom is -0.338 e. The van der Waals surface area contributed by atoms with Gasteiger partial charge in [0.1, 0.15) is 5.82 Å². The first-order valence-corrected chi connectivity index (χ1v) is 10.1. The Kier molecular flexibility index (Phi) is 5.66. The van der Waals surface area contributed by atoms with Gasteiger partial charge in [-0.3, -0.25) is 15.0 Å². The van der Waals surface area contributed by atoms with E-state index in [1.165, 1.54) is 43.9 Å². The predicted molar refractivity (Wildman–Crippen MR) is 100 cm³/mol. The summed E-state index contributed by atoms with van der Waals surface area (Å²) in [5.41, 5.74) is -0.0711. The number of halogens is 1. The molecule has 4 rings (SSSR count). The zero-order valence-corrected chi connectivity index (χ0v) is 15.8. The molecule has 0 unspecified atom stereocenters. The van der Waals surface area contributed by atoms with Crippen LogP contribution in [-0.2, 0) is 13.1 Å². The lowest BCUT2D eigenvalue weighted by atomic mass is 10.00. The minimum absolute atomic E-state index is 0.114. The first-order chi connectivity index (χ1) is 13.6. The van der Waals surface area contributed by atoms with E-state index in [1.807, 2.05) is 4.90 Å². The van der Waals surface area contributed by atoms with Crippen molar-refractivity contribution in [2.24, 2.45) is 0 Å². The van der Waals surface area contributed by atoms with Gasteiger partial charge in [-0.05, 0) is 31.7 Å². The fourth-order valence-electron chi connectivity index (χ4n) is 4.04. The van der Waals surface area contributed by atoms with Crippen molar-refractivity contribution in [2.45, 2.75) is 76.4 Å². The lowest BCUT2D eigenvalue weighted by Gasteiger charge is -2.20. The summed E-state index contributed by atoms with van der Waals surface area (Å²) in [5.74, 6) is 1.07. The van der Waals surface area contributed by atoms with Gasteiger partial charge in [-0.15, -0.1) is 0 Å². The van der Waals surface area contributed by atoms with Gasteiger partial charge in [-0.2, -0.15) is 4.98 Å². The molecule has 0 bridgehead atoms. The third kappa shape index (κ3) is 4.38. The molecule has 2 aromatic rings. The second-order valence-electron chi connectivity index (χ2n) is 7.87. The largest absolute Gasteiger partial charge is 0.338 e. The van der Waals surface area contributed by atoms with Gasteiger partial charge >= 0.3 is 0 Å². The maximum Gasteiger partial charge on any atom is 0.276 e. The summed E-state index contributed by atoms with van der Waals surface area (Å²) in [5, 5.41) is 15.5. The van der Waals surface area contributed by atoms with Crippen LogP contribution in [0.15, 0.2) is 22.7 Å². The van der Waals surface area contributed by atoms with Crippen LogP contribution >= 0.6 is 0 Å². The number of hydrogen-bond donors (Lipinski definition) is 0. The number of rotatable bonds is 7. The van der Waals surface area contributed by atoms with Gasteiger partial charge < -0.3 is 4.52 Å². The normalized spacial score (nSPS) is 18.4. The van der Waals surface area contributed by atoms with Gasteiger partial charge in [0.25, 0.3) is 5.69 Å². The second kappa shape index (κ2) is 8.34. The van der Waals surface area contributed by atoms with Crippen LogP contribution in [0.3, 0.4) is 0 Å². The van der Waals surface area contributed by atoms with Gasteiger partial charge in [-0.1, -0.05) is 36.9 Å². The number of aromatic nitrogens is 2. The SMILES string of the molecule is O=[N+]([O-])c1cccc(F)c1CN(Cc1nc(C2CCCCCC2)no1)C1CC1. The number of nitrogens with zero attached hydrogens (tertiary/aromatic N) is 4. The van der Waals surface area contributed by atoms with Gasteiger partial charge in [0.05, 0.1) is 17.0 Å². The van der Waals surface area contributed by atoms with E-state index in [4.69, 9.17) is 4.52 Å². The van der Waals surface area contributed by atoms with E-state index in [0.717, 1.165) is 31.5 Å². The number of hydrogen-bond acceptors (Lipinski definition) is 6. The molecular weight excluding hydrogens is 363 g/mol. The van der Waals surface area contributed by atoms with Crippen LogP contribution in [0.2, 0.25) is 0 Å². The van der Waals surface area contributed by atoms with Gasteiger partial charge in [0.15, 0.2) is 5.82 Å². The summed E-state index contributed by atoms with van der Waals surface area (Å²) in [6.45, 7) is 0.546. The Morgan fingerprint density at radius 2 is 1.89 bits per heavy atom. The molecular formula is C20H25FN4O3. The van der Waals surface area contributed by atoms with Crippen molar-refractivity contribution in [1.82, 2.24) is 15.0 Å². The topological polar surface area (TPSA) is 85.3 Å². The highest BCUT2D eigenvalue weighted by molar-refractivity contribution is 5.41. The molecule has 8 heteroatoms. The molecule has 0 aliphatic heterocycles. The summed E-state index contributed by atoms with van der Waals surface area (Å²) < 4.78 is 19.8. The molecule has 2 aliphatic rings. The summed E-state index contributed by atoms with van der Waals surface area (Å²) in [6, 6.07) is 4.26. The van der Waals surface area contributed by atoms with E-state index in [-0.39, 0.29) is 23.8 Å². The van der Waals surface area contributed by atoms with Crippen molar-refractivity contribution in [1.29, 1.82) is 0 Å². The van der Waals surface area contributed by atoms with Crippen LogP contribution < -0.4 is 0 Å². The highest BCUT2D eigenvalue weighted by Crippen LogP contribution is 2.33. The molecule has 7 nitrogen and oxygen atoms in total. The maximum atomic E-state index is 14.3. The van der Waals surface area contributed by atoms with Crippen molar-refractivity contribution in [3.63, 3.8) is 0 Å². The fraction of sp³-hybridized carbons (Fsp3) is 0.600. The zero-order chi connectivity index (χ0) is 19.5. The van der Waals surface area contributed by atoms with E-state index in [1.54, 1.807) is 0 Å². The third-order valence-corrected chi connectivity index (χ3v) is 5.76. The molecule has 0 spiro atoms. The zero-order valence-electron chi connectivity index (χ0n) is 15.8. The summed E-state index contributed by atoms with van der Waals surface area (Å²) >= 11 is 0. The number of nitro groups is 1. The molecule has 1 heterocycles. The Balaban J connectivity index is 1.49. The molecule has 0 atom stereocenters. The molecule has 0 N–H and O–H groups in total. The van der Waals surface area contributed by atoms with E-state index >= 15 is 0 Å². The van der Waals surface area contributed by atoms with Crippen molar-refractivity contribution in [3.8, 4) is 0 Å². The van der Waals surface area contributed by atoms with E-state index < -0.39 is 10.7 Å². The van der Waals surface area contributed by atoms with Crippen LogP contribution in [-0.4, -0.2) is 26.0 Å². The second-order valence-corrected chi connectivity index (χ2v) is 7.87. The summed E-state index contributed by atoms with van der Waals surface area (Å²) in [7, 11) is 0. The van der Waals surface area contributed by atoms with Crippen molar-refractivity contribution >= 4 is 5.69 Å². The average Bonchev–Trinajstić information content (AvgIpc) is 3.47. The van der Waals surface area contributed by atoms with Crippen LogP contribution in [0.1, 0.15) is 74.6 Å². The van der Waals surface area contributed by atoms with E-state index in [9.17, 15) is 14.5 Å². The van der Waals surface area contributed by atoms with Gasteiger partial charge in [-0.25, -0.2) is 4.39 Å². The summed E-state index contributed by atoms with van der Waals surface area (Å²) in [4.78, 5) is 17.4. The Morgan fingerprint density at radius 1 is 1.14 bits per heavy atom. The molecule has 2 saturated carbocycles. The smallest absolute Gasteiger partial charge is 0.276 e. The Bertz CT molecular complexity index is 829. The monoisotopic (exact) mass is 388 g/mol. The first kappa shape index (κ1) is 19.0. The maximum absolute atomic E-state index is 14.3. The first-order valence-electron chi connectivity index (χ1n) is 10.1. The van der Waals surface area contributed by atoms with E-state index in [2.05, 4.69) is 10.1 Å². The Hall–Kier alpha value is -2.35. The predicted octanol–water partition coefficient (Wildman–Crippen LogP) is 4.72. The van der Waals surface area contributed by atoms with Crippen LogP contribution in [0, 0.1) is 15.9 Å². The molecule has 2 aliphatic carbocycles. The fourth-order valence-corrected chi connectivity index (χ4v) is 4.04. The highest BCUT2D eigenvalue weighted by atomic mass is 19.1. The van der Waals surface area contributed by atoms with Crippen molar-refractivity contribution < 1.29 is 13.8 Å². The molecule has 0 saturated heterocycles. The van der Waals surface area contributed by atoms with Crippen molar-refractivity contribution in [3.05, 3.63) is 51.4 Å². The minimum atomic E-state index is -0.551. The van der Waals surface area contributed by atoms with Gasteiger partial charge in [0.2, 0.25) is 5.89 Å². The van der Waals surface area contributed by atoms with E-state index in [0.29, 0.717) is 18.4 Å². The average molecular weight is 388 g/mol. The third-order valence-electron chi connectivity index (χ3n) is 5.76. The molecule has 150 valence electrons. The molecule has 0 radical (unpaired) electrons. The number of benzene rings is 1. The molecule has 28 heavy (non-hydrogen) atoms. The molecule has 2 fully saturated rings. The molecule has 1 aromatic heterocycles. The molecule has 0 amide bonds. The van der Waals surface area contributed by atoms with Gasteiger partial charge in [0, 0.05) is 24.6 Å².